The van der Waals surface area contributed by atoms with Gasteiger partial charge in [0.25, 0.3) is 5.79 Å². The molecule has 0 spiro atoms. The van der Waals surface area contributed by atoms with Crippen molar-refractivity contribution in [3.63, 3.8) is 0 Å². The van der Waals surface area contributed by atoms with Gasteiger partial charge in [0.2, 0.25) is 5.79 Å². The van der Waals surface area contributed by atoms with E-state index in [0.717, 1.165) is 29.9 Å². The number of methoxy groups -OCH3 is 2. The molecule has 0 amide bonds. The molecule has 5 nitrogen and oxygen atoms in total. The van der Waals surface area contributed by atoms with Crippen LogP contribution in [0.3, 0.4) is 0 Å². The minimum absolute atomic E-state index is 0.388. The highest BCUT2D eigenvalue weighted by Gasteiger charge is 2.53. The Morgan fingerprint density at radius 2 is 1.78 bits per heavy atom. The number of quaternary nitrogens is 1. The van der Waals surface area contributed by atoms with Crippen LogP contribution >= 0.6 is 0 Å². The van der Waals surface area contributed by atoms with Gasteiger partial charge < -0.3 is 18.9 Å². The van der Waals surface area contributed by atoms with E-state index in [0.29, 0.717) is 6.61 Å². The first-order valence-corrected chi connectivity index (χ1v) is 8.43. The zero-order chi connectivity index (χ0) is 17.1. The number of nitrogens with zero attached hydrogens (tertiary/aromatic N) is 1. The highest BCUT2D eigenvalue weighted by Crippen LogP contribution is 2.38. The molecule has 2 aliphatic heterocycles. The third-order valence-corrected chi connectivity index (χ3v) is 5.13. The number of hydrogen-bond acceptors (Lipinski definition) is 4. The monoisotopic (exact) mass is 326 g/mol. The van der Waals surface area contributed by atoms with Gasteiger partial charge in [-0.3, -0.25) is 4.48 Å². The fourth-order valence-corrected chi connectivity index (χ4v) is 3.57. The summed E-state index contributed by atoms with van der Waals surface area (Å²) in [6.45, 7) is 13.4. The van der Waals surface area contributed by atoms with Crippen molar-refractivity contribution in [2.45, 2.75) is 51.6 Å². The molecule has 0 unspecified atom stereocenters. The van der Waals surface area contributed by atoms with Crippen LogP contribution in [0.1, 0.15) is 40.0 Å². The van der Waals surface area contributed by atoms with Gasteiger partial charge in [0, 0.05) is 21.1 Å². The van der Waals surface area contributed by atoms with Gasteiger partial charge in [0.05, 0.1) is 13.1 Å². The first kappa shape index (κ1) is 18.5. The number of piperidine rings is 1. The number of hydrogen-bond donors (Lipinski definition) is 0. The average molecular weight is 326 g/mol. The second-order valence-corrected chi connectivity index (χ2v) is 7.13. The molecule has 0 aromatic heterocycles. The summed E-state index contributed by atoms with van der Waals surface area (Å²) in [5, 5.41) is 0. The van der Waals surface area contributed by atoms with Crippen LogP contribution in [0.2, 0.25) is 0 Å². The summed E-state index contributed by atoms with van der Waals surface area (Å²) in [5.41, 5.74) is 1.19. The lowest BCUT2D eigenvalue weighted by Crippen LogP contribution is -2.60. The quantitative estimate of drug-likeness (QED) is 0.574. The molecule has 23 heavy (non-hydrogen) atoms. The zero-order valence-corrected chi connectivity index (χ0v) is 15.3. The molecule has 2 atom stereocenters. The average Bonchev–Trinajstić information content (AvgIpc) is 2.51. The third kappa shape index (κ3) is 3.79. The molecule has 2 heterocycles. The predicted molar refractivity (Wildman–Crippen MR) is 89.5 cm³/mol. The highest BCUT2D eigenvalue weighted by molar-refractivity contribution is 5.00. The number of rotatable bonds is 5. The summed E-state index contributed by atoms with van der Waals surface area (Å²) in [5.74, 6) is -1.10. The summed E-state index contributed by atoms with van der Waals surface area (Å²) in [6.07, 6.45) is 5.97. The van der Waals surface area contributed by atoms with Gasteiger partial charge in [0.1, 0.15) is 19.4 Å². The van der Waals surface area contributed by atoms with Crippen molar-refractivity contribution in [3.8, 4) is 0 Å². The van der Waals surface area contributed by atoms with Crippen LogP contribution in [0.4, 0.5) is 0 Å². The number of ether oxygens (including phenoxy) is 4. The standard InChI is InChI=1S/C18H32NO4/c1-15(2)12-19(10-8-7-9-11-19)13-16-14-22-17(3,20-5)18(4,21-6)23-16/h13H,1,7-12,14H2,2-6H3/q+1/b16-13-/t17-,18-/m1/s1. The van der Waals surface area contributed by atoms with Gasteiger partial charge in [-0.05, 0) is 38.7 Å². The molecule has 0 N–H and O–H groups in total. The van der Waals surface area contributed by atoms with Crippen LogP contribution in [0.5, 0.6) is 0 Å². The van der Waals surface area contributed by atoms with E-state index in [2.05, 4.69) is 19.7 Å². The van der Waals surface area contributed by atoms with Crippen molar-refractivity contribution < 1.29 is 23.4 Å². The minimum atomic E-state index is -0.977. The molecule has 2 saturated heterocycles. The van der Waals surface area contributed by atoms with E-state index >= 15 is 0 Å². The van der Waals surface area contributed by atoms with Crippen molar-refractivity contribution in [1.29, 1.82) is 0 Å². The smallest absolute Gasteiger partial charge is 0.261 e. The SMILES string of the molecule is C=C(C)C[N+]1(/C=C2/CO[C@@](C)(OC)[C@](C)(OC)O2)CCCCC1. The number of likely N-dealkylation sites (tertiary alicyclic amines) is 1. The predicted octanol–water partition coefficient (Wildman–Crippen LogP) is 3.18. The second kappa shape index (κ2) is 6.93. The highest BCUT2D eigenvalue weighted by atomic mass is 16.8. The normalized spacial score (nSPS) is 35.8. The van der Waals surface area contributed by atoms with Crippen molar-refractivity contribution in [1.82, 2.24) is 0 Å². The van der Waals surface area contributed by atoms with E-state index in [4.69, 9.17) is 18.9 Å². The van der Waals surface area contributed by atoms with Gasteiger partial charge in [-0.2, -0.15) is 0 Å². The second-order valence-electron chi connectivity index (χ2n) is 7.13. The van der Waals surface area contributed by atoms with E-state index in [1.165, 1.54) is 24.8 Å². The first-order valence-electron chi connectivity index (χ1n) is 8.43. The molecule has 2 fully saturated rings. The Kier molecular flexibility index (Phi) is 5.56. The third-order valence-electron chi connectivity index (χ3n) is 5.13. The minimum Gasteiger partial charge on any atom is -0.453 e. The maximum absolute atomic E-state index is 6.18. The molecule has 0 saturated carbocycles. The molecular formula is C18H32NO4+. The molecule has 132 valence electrons. The molecule has 0 bridgehead atoms. The van der Waals surface area contributed by atoms with Gasteiger partial charge in [-0.1, -0.05) is 6.58 Å². The summed E-state index contributed by atoms with van der Waals surface area (Å²) in [7, 11) is 3.22. The van der Waals surface area contributed by atoms with E-state index in [9.17, 15) is 0 Å². The molecular weight excluding hydrogens is 294 g/mol. The fourth-order valence-electron chi connectivity index (χ4n) is 3.57. The van der Waals surface area contributed by atoms with Crippen molar-refractivity contribution in [2.75, 3.05) is 40.5 Å². The van der Waals surface area contributed by atoms with Crippen LogP contribution in [-0.4, -0.2) is 56.5 Å². The summed E-state index contributed by atoms with van der Waals surface area (Å²) in [6, 6.07) is 0. The lowest BCUT2D eigenvalue weighted by atomic mass is 10.1. The Labute approximate surface area is 140 Å². The molecule has 0 aromatic rings. The van der Waals surface area contributed by atoms with Crippen LogP contribution < -0.4 is 0 Å². The lowest BCUT2D eigenvalue weighted by Gasteiger charge is -2.47. The van der Waals surface area contributed by atoms with E-state index < -0.39 is 11.6 Å². The fraction of sp³-hybridized carbons (Fsp3) is 0.778. The first-order chi connectivity index (χ1) is 10.8. The largest absolute Gasteiger partial charge is 0.453 e. The Hall–Kier alpha value is -0.880. The van der Waals surface area contributed by atoms with Crippen molar-refractivity contribution >= 4 is 0 Å². The van der Waals surface area contributed by atoms with Crippen LogP contribution in [-0.2, 0) is 18.9 Å². The summed E-state index contributed by atoms with van der Waals surface area (Å²) >= 11 is 0. The Morgan fingerprint density at radius 3 is 2.30 bits per heavy atom. The Balaban J connectivity index is 2.25. The maximum Gasteiger partial charge on any atom is 0.261 e. The molecule has 0 aliphatic carbocycles. The van der Waals surface area contributed by atoms with Gasteiger partial charge in [-0.15, -0.1) is 0 Å². The topological polar surface area (TPSA) is 36.9 Å². The zero-order valence-electron chi connectivity index (χ0n) is 15.3. The van der Waals surface area contributed by atoms with Gasteiger partial charge in [0.15, 0.2) is 5.76 Å². The molecule has 0 radical (unpaired) electrons. The Morgan fingerprint density at radius 1 is 1.17 bits per heavy atom. The molecule has 5 heteroatoms. The molecule has 2 aliphatic rings. The maximum atomic E-state index is 6.18. The van der Waals surface area contributed by atoms with Crippen LogP contribution in [0, 0.1) is 0 Å². The summed E-state index contributed by atoms with van der Waals surface area (Å²) in [4.78, 5) is 0. The lowest BCUT2D eigenvalue weighted by molar-refractivity contribution is -0.880. The van der Waals surface area contributed by atoms with Crippen molar-refractivity contribution in [2.24, 2.45) is 0 Å². The van der Waals surface area contributed by atoms with Gasteiger partial charge in [-0.25, -0.2) is 0 Å². The summed E-state index contributed by atoms with van der Waals surface area (Å²) < 4.78 is 24.1. The van der Waals surface area contributed by atoms with E-state index in [1.807, 2.05) is 13.8 Å². The van der Waals surface area contributed by atoms with Crippen LogP contribution in [0.25, 0.3) is 0 Å². The molecule has 0 aromatic carbocycles. The van der Waals surface area contributed by atoms with Gasteiger partial charge >= 0.3 is 0 Å². The van der Waals surface area contributed by atoms with Crippen LogP contribution in [0.15, 0.2) is 24.1 Å². The van der Waals surface area contributed by atoms with E-state index in [1.54, 1.807) is 14.2 Å². The van der Waals surface area contributed by atoms with E-state index in [-0.39, 0.29) is 0 Å². The van der Waals surface area contributed by atoms with Crippen molar-refractivity contribution in [3.05, 3.63) is 24.1 Å². The Bertz CT molecular complexity index is 470. The molecule has 2 rings (SSSR count).